The number of sulfone groups is 1. The van der Waals surface area contributed by atoms with Gasteiger partial charge in [-0.05, 0) is 54.9 Å². The fourth-order valence-electron chi connectivity index (χ4n) is 4.03. The largest absolute Gasteiger partial charge is 0.406 e. The zero-order valence-electron chi connectivity index (χ0n) is 15.5. The molecule has 26 heavy (non-hydrogen) atoms. The Bertz CT molecular complexity index is 865. The molecule has 1 N–H and O–H groups in total. The molecular formula is C18H26N2O4S2. The molecule has 8 heteroatoms. The van der Waals surface area contributed by atoms with Gasteiger partial charge in [0.1, 0.15) is 0 Å². The van der Waals surface area contributed by atoms with Crippen LogP contribution in [0.2, 0.25) is 0 Å². The summed E-state index contributed by atoms with van der Waals surface area (Å²) in [5.41, 5.74) is 12.3. The predicted molar refractivity (Wildman–Crippen MR) is 102 cm³/mol. The first-order valence-corrected chi connectivity index (χ1v) is 11.6. The molecule has 0 amide bonds. The summed E-state index contributed by atoms with van der Waals surface area (Å²) in [6.07, 6.45) is 3.67. The summed E-state index contributed by atoms with van der Waals surface area (Å²) in [6.45, 7) is 5.88. The first-order valence-electron chi connectivity index (χ1n) is 9.02. The van der Waals surface area contributed by atoms with Gasteiger partial charge in [-0.15, -0.1) is 0 Å². The first-order chi connectivity index (χ1) is 12.3. The Balaban J connectivity index is 2.74. The van der Waals surface area contributed by atoms with E-state index < -0.39 is 30.7 Å². The number of nitrogens with zero attached hydrogens (tertiary/aromatic N) is 2. The highest BCUT2D eigenvalue weighted by Gasteiger charge is 2.57. The fourth-order valence-corrected chi connectivity index (χ4v) is 7.25. The minimum Gasteiger partial charge on any atom is -0.360 e. The Kier molecular flexibility index (Phi) is 6.55. The van der Waals surface area contributed by atoms with E-state index in [4.69, 9.17) is 0 Å². The highest BCUT2D eigenvalue weighted by atomic mass is 32.2. The van der Waals surface area contributed by atoms with Crippen molar-refractivity contribution in [3.63, 3.8) is 0 Å². The maximum absolute atomic E-state index is 13.4. The van der Waals surface area contributed by atoms with Crippen molar-refractivity contribution in [1.29, 1.82) is 0 Å². The topological polar surface area (TPSA) is 108 Å². The Hall–Kier alpha value is -1.34. The van der Waals surface area contributed by atoms with Crippen LogP contribution in [0.1, 0.15) is 63.1 Å². The maximum Gasteiger partial charge on any atom is 0.406 e. The van der Waals surface area contributed by atoms with Gasteiger partial charge in [-0.1, -0.05) is 39.7 Å². The molecule has 1 unspecified atom stereocenters. The Morgan fingerprint density at radius 2 is 1.73 bits per heavy atom. The molecule has 0 bridgehead atoms. The van der Waals surface area contributed by atoms with Crippen LogP contribution in [0.25, 0.3) is 5.53 Å². The Labute approximate surface area is 157 Å². The van der Waals surface area contributed by atoms with E-state index in [-0.39, 0.29) is 17.7 Å². The lowest BCUT2D eigenvalue weighted by Crippen LogP contribution is -2.45. The van der Waals surface area contributed by atoms with Gasteiger partial charge in [-0.2, -0.15) is 4.79 Å². The van der Waals surface area contributed by atoms with E-state index >= 15 is 0 Å². The normalized spacial score (nSPS) is 17.7. The molecule has 1 fully saturated rings. The van der Waals surface area contributed by atoms with E-state index in [1.54, 1.807) is 12.1 Å². The van der Waals surface area contributed by atoms with Crippen molar-refractivity contribution in [2.45, 2.75) is 75.4 Å². The summed E-state index contributed by atoms with van der Waals surface area (Å²) in [6, 6.07) is 3.33. The summed E-state index contributed by atoms with van der Waals surface area (Å²) in [5, 5.41) is -0.579. The van der Waals surface area contributed by atoms with E-state index in [2.05, 4.69) is 4.79 Å². The summed E-state index contributed by atoms with van der Waals surface area (Å²) in [4.78, 5) is 3.14. The number of rotatable bonds is 6. The molecule has 0 aliphatic heterocycles. The SMILES string of the molecule is CCc1ccc(S(=O)(=O)C(=[N+]=[N-])C2(S(=O)O)CCCC2)c(CC)c1CC. The van der Waals surface area contributed by atoms with E-state index in [9.17, 15) is 22.7 Å². The van der Waals surface area contributed by atoms with Crippen LogP contribution in [0.5, 0.6) is 0 Å². The van der Waals surface area contributed by atoms with Crippen LogP contribution >= 0.6 is 0 Å². The molecule has 6 nitrogen and oxygen atoms in total. The Morgan fingerprint density at radius 3 is 2.15 bits per heavy atom. The summed E-state index contributed by atoms with van der Waals surface area (Å²) < 4.78 is 47.1. The molecule has 0 heterocycles. The average Bonchev–Trinajstić information content (AvgIpc) is 3.11. The molecule has 1 atom stereocenters. The quantitative estimate of drug-likeness (QED) is 0.261. The predicted octanol–water partition coefficient (Wildman–Crippen LogP) is 3.31. The third kappa shape index (κ3) is 3.31. The van der Waals surface area contributed by atoms with E-state index in [1.807, 2.05) is 20.8 Å². The van der Waals surface area contributed by atoms with E-state index in [0.717, 1.165) is 17.5 Å². The summed E-state index contributed by atoms with van der Waals surface area (Å²) >= 11 is -2.44. The number of hydrogen-bond donors (Lipinski definition) is 1. The van der Waals surface area contributed by atoms with Crippen molar-refractivity contribution in [3.8, 4) is 0 Å². The van der Waals surface area contributed by atoms with Crippen LogP contribution in [0.15, 0.2) is 17.0 Å². The van der Waals surface area contributed by atoms with Crippen LogP contribution in [0.4, 0.5) is 0 Å². The van der Waals surface area contributed by atoms with E-state index in [1.165, 1.54) is 0 Å². The average molecular weight is 399 g/mol. The second-order valence-electron chi connectivity index (χ2n) is 6.60. The summed E-state index contributed by atoms with van der Waals surface area (Å²) in [5.74, 6) is 0. The standard InChI is InChI=1S/C18H26N2O4S2/c1-4-13-9-10-16(15(6-3)14(13)5-2)26(23,24)17(20-19)18(25(21)22)11-7-8-12-18/h9-10H,4-8,11-12H2,1-3H3,(H,21,22). The van der Waals surface area contributed by atoms with Gasteiger partial charge in [0.25, 0.3) is 9.84 Å². The van der Waals surface area contributed by atoms with Crippen molar-refractivity contribution in [3.05, 3.63) is 34.4 Å². The molecule has 0 spiro atoms. The molecule has 1 aliphatic rings. The molecule has 1 aromatic rings. The van der Waals surface area contributed by atoms with E-state index in [0.29, 0.717) is 31.2 Å². The second kappa shape index (κ2) is 8.13. The number of aryl methyl sites for hydroxylation is 1. The molecule has 0 saturated heterocycles. The third-order valence-corrected chi connectivity index (χ3v) is 8.69. The third-order valence-electron chi connectivity index (χ3n) is 5.34. The lowest BCUT2D eigenvalue weighted by atomic mass is 9.96. The summed E-state index contributed by atoms with van der Waals surface area (Å²) in [7, 11) is -4.19. The van der Waals surface area contributed by atoms with Crippen molar-refractivity contribution in [2.24, 2.45) is 0 Å². The number of hydrogen-bond acceptors (Lipinski definition) is 3. The Morgan fingerprint density at radius 1 is 1.15 bits per heavy atom. The van der Waals surface area contributed by atoms with Crippen LogP contribution in [0.3, 0.4) is 0 Å². The van der Waals surface area contributed by atoms with Gasteiger partial charge in [-0.3, -0.25) is 0 Å². The zero-order valence-corrected chi connectivity index (χ0v) is 17.1. The van der Waals surface area contributed by atoms with Gasteiger partial charge in [-0.25, -0.2) is 12.6 Å². The van der Waals surface area contributed by atoms with Crippen molar-refractivity contribution >= 4 is 26.0 Å². The van der Waals surface area contributed by atoms with Crippen molar-refractivity contribution in [2.75, 3.05) is 0 Å². The minimum absolute atomic E-state index is 0.0820. The molecule has 1 aromatic carbocycles. The first kappa shape index (κ1) is 21.0. The van der Waals surface area contributed by atoms with Gasteiger partial charge >= 0.3 is 5.04 Å². The molecule has 2 rings (SSSR count). The minimum atomic E-state index is -4.19. The maximum atomic E-state index is 13.4. The van der Waals surface area contributed by atoms with Gasteiger partial charge in [0.2, 0.25) is 0 Å². The smallest absolute Gasteiger partial charge is 0.360 e. The molecule has 1 saturated carbocycles. The molecular weight excluding hydrogens is 372 g/mol. The van der Waals surface area contributed by atoms with Crippen molar-refractivity contribution in [1.82, 2.24) is 0 Å². The molecule has 1 aliphatic carbocycles. The lowest BCUT2D eigenvalue weighted by molar-refractivity contribution is -0.00616. The second-order valence-corrected chi connectivity index (χ2v) is 9.71. The van der Waals surface area contributed by atoms with Gasteiger partial charge < -0.3 is 10.1 Å². The lowest BCUT2D eigenvalue weighted by Gasteiger charge is -2.21. The van der Waals surface area contributed by atoms with Gasteiger partial charge in [0.15, 0.2) is 15.8 Å². The molecule has 144 valence electrons. The zero-order chi connectivity index (χ0) is 19.5. The highest BCUT2D eigenvalue weighted by Crippen LogP contribution is 2.39. The van der Waals surface area contributed by atoms with Gasteiger partial charge in [0.05, 0.1) is 4.90 Å². The van der Waals surface area contributed by atoms with Crippen LogP contribution in [-0.2, 0) is 40.2 Å². The number of benzene rings is 1. The molecule has 0 aromatic heterocycles. The molecule has 0 radical (unpaired) electrons. The monoisotopic (exact) mass is 398 g/mol. The van der Waals surface area contributed by atoms with Crippen LogP contribution < -0.4 is 0 Å². The van der Waals surface area contributed by atoms with Crippen LogP contribution in [0, 0.1) is 0 Å². The van der Waals surface area contributed by atoms with Crippen LogP contribution in [-0.4, -0.2) is 31.8 Å². The van der Waals surface area contributed by atoms with Gasteiger partial charge in [0, 0.05) is 0 Å². The fraction of sp³-hybridized carbons (Fsp3) is 0.611. The highest BCUT2D eigenvalue weighted by molar-refractivity contribution is 8.08. The van der Waals surface area contributed by atoms with Crippen molar-refractivity contribution < 1.29 is 22.0 Å².